The zero-order chi connectivity index (χ0) is 26.6. The maximum atomic E-state index is 11.8. The van der Waals surface area contributed by atoms with Gasteiger partial charge in [0.25, 0.3) is 6.26 Å². The molecule has 37 heavy (non-hydrogen) atoms. The van der Waals surface area contributed by atoms with Gasteiger partial charge in [-0.25, -0.2) is 0 Å². The molecule has 0 saturated carbocycles. The summed E-state index contributed by atoms with van der Waals surface area (Å²) < 4.78 is 31.5. The minimum atomic E-state index is -0.295. The van der Waals surface area contributed by atoms with Gasteiger partial charge in [0.1, 0.15) is 30.5 Å². The Kier molecular flexibility index (Phi) is 14.7. The molecule has 0 aliphatic heterocycles. The highest BCUT2D eigenvalue weighted by atomic mass is 16.6. The standard InChI is InChI=1S/C28H35NO8/c1-23-8-10-24(11-9-23)34-17-5-7-28(31)36-21-19-32-18-20-35-27(30)6-3-2-4-16-33-25-12-14-26(15-13-25)37-22-29/h8-15H,2-7,16-21H2,1H3. The van der Waals surface area contributed by atoms with E-state index in [4.69, 9.17) is 33.7 Å². The highest BCUT2D eigenvalue weighted by Crippen LogP contribution is 2.17. The SMILES string of the molecule is Cc1ccc(OCCCC(=O)OCCOCCOC(=O)CCCCCOc2ccc(OC#N)cc2)cc1. The number of carbonyl (C=O) groups is 2. The summed E-state index contributed by atoms with van der Waals surface area (Å²) in [4.78, 5) is 23.5. The van der Waals surface area contributed by atoms with E-state index in [1.807, 2.05) is 31.2 Å². The molecule has 0 saturated heterocycles. The second kappa shape index (κ2) is 18.5. The molecule has 0 bridgehead atoms. The van der Waals surface area contributed by atoms with E-state index >= 15 is 0 Å². The van der Waals surface area contributed by atoms with Gasteiger partial charge in [-0.05, 0) is 69.0 Å². The molecule has 0 N–H and O–H groups in total. The third kappa shape index (κ3) is 14.4. The Labute approximate surface area is 218 Å². The van der Waals surface area contributed by atoms with Gasteiger partial charge in [0.2, 0.25) is 0 Å². The van der Waals surface area contributed by atoms with Gasteiger partial charge < -0.3 is 28.4 Å². The molecule has 0 radical (unpaired) electrons. The van der Waals surface area contributed by atoms with Gasteiger partial charge >= 0.3 is 11.9 Å². The van der Waals surface area contributed by atoms with Crippen molar-refractivity contribution in [3.8, 4) is 23.5 Å². The molecule has 0 aliphatic carbocycles. The number of hydrogen-bond acceptors (Lipinski definition) is 9. The van der Waals surface area contributed by atoms with Crippen molar-refractivity contribution in [3.05, 3.63) is 54.1 Å². The van der Waals surface area contributed by atoms with E-state index in [-0.39, 0.29) is 44.8 Å². The average Bonchev–Trinajstić information content (AvgIpc) is 2.90. The van der Waals surface area contributed by atoms with Crippen LogP contribution in [0.1, 0.15) is 44.1 Å². The molecule has 0 unspecified atom stereocenters. The van der Waals surface area contributed by atoms with Gasteiger partial charge in [0.15, 0.2) is 0 Å². The Bertz CT molecular complexity index is 954. The minimum absolute atomic E-state index is 0.158. The third-order valence-electron chi connectivity index (χ3n) is 5.08. The van der Waals surface area contributed by atoms with Crippen molar-refractivity contribution < 1.29 is 38.0 Å². The van der Waals surface area contributed by atoms with E-state index in [0.29, 0.717) is 44.0 Å². The molecule has 0 atom stereocenters. The van der Waals surface area contributed by atoms with E-state index < -0.39 is 0 Å². The molecule has 2 aromatic carbocycles. The highest BCUT2D eigenvalue weighted by molar-refractivity contribution is 5.69. The summed E-state index contributed by atoms with van der Waals surface area (Å²) in [6.07, 6.45) is 5.17. The second-order valence-electron chi connectivity index (χ2n) is 8.14. The van der Waals surface area contributed by atoms with Crippen molar-refractivity contribution in [1.82, 2.24) is 0 Å². The van der Waals surface area contributed by atoms with Crippen LogP contribution in [0.15, 0.2) is 48.5 Å². The molecule has 0 aromatic heterocycles. The Morgan fingerprint density at radius 1 is 0.649 bits per heavy atom. The fourth-order valence-electron chi connectivity index (χ4n) is 3.11. The second-order valence-corrected chi connectivity index (χ2v) is 8.14. The first-order valence-electron chi connectivity index (χ1n) is 12.4. The molecule has 0 amide bonds. The molecule has 0 spiro atoms. The summed E-state index contributed by atoms with van der Waals surface area (Å²) in [7, 11) is 0. The van der Waals surface area contributed by atoms with Crippen LogP contribution in [0.4, 0.5) is 0 Å². The van der Waals surface area contributed by atoms with E-state index in [2.05, 4.69) is 0 Å². The molecule has 2 aromatic rings. The molecule has 9 nitrogen and oxygen atoms in total. The topological polar surface area (TPSA) is 113 Å². The van der Waals surface area contributed by atoms with Crippen LogP contribution in [0, 0.1) is 18.4 Å². The van der Waals surface area contributed by atoms with E-state index in [9.17, 15) is 9.59 Å². The smallest absolute Gasteiger partial charge is 0.305 e. The van der Waals surface area contributed by atoms with Gasteiger partial charge in [-0.1, -0.05) is 17.7 Å². The Morgan fingerprint density at radius 2 is 1.16 bits per heavy atom. The molecule has 0 fully saturated rings. The van der Waals surface area contributed by atoms with Gasteiger partial charge in [-0.2, -0.15) is 0 Å². The zero-order valence-electron chi connectivity index (χ0n) is 21.3. The molecule has 9 heteroatoms. The van der Waals surface area contributed by atoms with Crippen LogP contribution in [-0.2, 0) is 23.8 Å². The van der Waals surface area contributed by atoms with Crippen LogP contribution in [0.5, 0.6) is 17.2 Å². The van der Waals surface area contributed by atoms with E-state index in [1.165, 1.54) is 5.56 Å². The number of benzene rings is 2. The lowest BCUT2D eigenvalue weighted by Gasteiger charge is -2.08. The number of esters is 2. The first-order chi connectivity index (χ1) is 18.1. The number of carbonyl (C=O) groups excluding carboxylic acids is 2. The number of nitriles is 1. The van der Waals surface area contributed by atoms with Gasteiger partial charge in [-0.15, -0.1) is 5.26 Å². The number of nitrogens with zero attached hydrogens (tertiary/aromatic N) is 1. The molecule has 0 aliphatic rings. The summed E-state index contributed by atoms with van der Waals surface area (Å²) in [5, 5.41) is 8.46. The fraction of sp³-hybridized carbons (Fsp3) is 0.464. The van der Waals surface area contributed by atoms with E-state index in [0.717, 1.165) is 18.6 Å². The number of aryl methyl sites for hydroxylation is 1. The Hall–Kier alpha value is -3.77. The summed E-state index contributed by atoms with van der Waals surface area (Å²) in [6, 6.07) is 14.6. The predicted octanol–water partition coefficient (Wildman–Crippen LogP) is 4.76. The minimum Gasteiger partial charge on any atom is -0.494 e. The van der Waals surface area contributed by atoms with Crippen molar-refractivity contribution in [2.24, 2.45) is 0 Å². The van der Waals surface area contributed by atoms with Crippen LogP contribution >= 0.6 is 0 Å². The van der Waals surface area contributed by atoms with Crippen LogP contribution in [0.25, 0.3) is 0 Å². The van der Waals surface area contributed by atoms with Gasteiger partial charge in [0.05, 0.1) is 26.4 Å². The lowest BCUT2D eigenvalue weighted by Crippen LogP contribution is -2.15. The quantitative estimate of drug-likeness (QED) is 0.149. The molecule has 2 rings (SSSR count). The van der Waals surface area contributed by atoms with Crippen LogP contribution in [0.2, 0.25) is 0 Å². The monoisotopic (exact) mass is 513 g/mol. The normalized spacial score (nSPS) is 10.3. The van der Waals surface area contributed by atoms with Crippen molar-refractivity contribution in [2.45, 2.75) is 45.4 Å². The molecular weight excluding hydrogens is 478 g/mol. The van der Waals surface area contributed by atoms with E-state index in [1.54, 1.807) is 30.5 Å². The van der Waals surface area contributed by atoms with Crippen molar-refractivity contribution in [3.63, 3.8) is 0 Å². The lowest BCUT2D eigenvalue weighted by atomic mass is 10.2. The van der Waals surface area contributed by atoms with Crippen LogP contribution in [0.3, 0.4) is 0 Å². The van der Waals surface area contributed by atoms with Crippen molar-refractivity contribution in [2.75, 3.05) is 39.6 Å². The molecule has 200 valence electrons. The van der Waals surface area contributed by atoms with Crippen molar-refractivity contribution in [1.29, 1.82) is 5.26 Å². The molecular formula is C28H35NO8. The van der Waals surface area contributed by atoms with Crippen LogP contribution in [-0.4, -0.2) is 51.6 Å². The average molecular weight is 514 g/mol. The van der Waals surface area contributed by atoms with Crippen LogP contribution < -0.4 is 14.2 Å². The summed E-state index contributed by atoms with van der Waals surface area (Å²) in [5.74, 6) is 1.39. The Morgan fingerprint density at radius 3 is 1.76 bits per heavy atom. The first-order valence-corrected chi connectivity index (χ1v) is 12.4. The summed E-state index contributed by atoms with van der Waals surface area (Å²) in [6.45, 7) is 3.81. The fourth-order valence-corrected chi connectivity index (χ4v) is 3.11. The summed E-state index contributed by atoms with van der Waals surface area (Å²) >= 11 is 0. The zero-order valence-corrected chi connectivity index (χ0v) is 21.3. The number of rotatable bonds is 19. The summed E-state index contributed by atoms with van der Waals surface area (Å²) in [5.41, 5.74) is 1.17. The Balaban J connectivity index is 1.34. The maximum Gasteiger partial charge on any atom is 0.305 e. The maximum absolute atomic E-state index is 11.8. The highest BCUT2D eigenvalue weighted by Gasteiger charge is 2.05. The third-order valence-corrected chi connectivity index (χ3v) is 5.08. The number of ether oxygens (including phenoxy) is 6. The van der Waals surface area contributed by atoms with Gasteiger partial charge in [-0.3, -0.25) is 9.59 Å². The molecule has 0 heterocycles. The number of unbranched alkanes of at least 4 members (excludes halogenated alkanes) is 2. The van der Waals surface area contributed by atoms with Gasteiger partial charge in [0, 0.05) is 12.8 Å². The first kappa shape index (κ1) is 29.5. The lowest BCUT2D eigenvalue weighted by molar-refractivity contribution is -0.146. The largest absolute Gasteiger partial charge is 0.494 e. The number of hydrogen-bond donors (Lipinski definition) is 0. The van der Waals surface area contributed by atoms with Crippen molar-refractivity contribution >= 4 is 11.9 Å². The predicted molar refractivity (Wildman–Crippen MR) is 135 cm³/mol.